The van der Waals surface area contributed by atoms with Crippen LogP contribution in [0, 0.1) is 11.6 Å². The number of amidine groups is 1. The second-order valence-electron chi connectivity index (χ2n) is 3.37. The molecule has 0 bridgehead atoms. The molecule has 19 heavy (non-hydrogen) atoms. The summed E-state index contributed by atoms with van der Waals surface area (Å²) < 4.78 is 31.3. The first kappa shape index (κ1) is 12.7. The molecular formula is C11H8F2N4O2. The van der Waals surface area contributed by atoms with Crippen LogP contribution >= 0.6 is 0 Å². The van der Waals surface area contributed by atoms with E-state index in [-0.39, 0.29) is 23.2 Å². The first-order valence-corrected chi connectivity index (χ1v) is 5.03. The molecule has 2 rings (SSSR count). The van der Waals surface area contributed by atoms with Crippen LogP contribution < -0.4 is 10.5 Å². The zero-order valence-corrected chi connectivity index (χ0v) is 9.42. The molecule has 0 spiro atoms. The van der Waals surface area contributed by atoms with Crippen molar-refractivity contribution in [1.29, 1.82) is 0 Å². The van der Waals surface area contributed by atoms with Gasteiger partial charge in [0.15, 0.2) is 23.1 Å². The van der Waals surface area contributed by atoms with Crippen LogP contribution in [0.15, 0.2) is 35.7 Å². The van der Waals surface area contributed by atoms with E-state index in [0.717, 1.165) is 12.1 Å². The zero-order chi connectivity index (χ0) is 13.8. The molecule has 8 heteroatoms. The van der Waals surface area contributed by atoms with Gasteiger partial charge in [-0.3, -0.25) is 0 Å². The highest BCUT2D eigenvalue weighted by Gasteiger charge is 2.14. The number of hydrogen-bond donors (Lipinski definition) is 2. The van der Waals surface area contributed by atoms with Crippen LogP contribution in [0.5, 0.6) is 11.6 Å². The van der Waals surface area contributed by atoms with Crippen LogP contribution in [-0.2, 0) is 0 Å². The predicted molar refractivity (Wildman–Crippen MR) is 61.0 cm³/mol. The molecule has 0 unspecified atom stereocenters. The number of nitrogens with two attached hydrogens (primary N) is 1. The van der Waals surface area contributed by atoms with Crippen LogP contribution in [0.2, 0.25) is 0 Å². The minimum atomic E-state index is -0.906. The number of benzene rings is 1. The third-order valence-electron chi connectivity index (χ3n) is 2.12. The van der Waals surface area contributed by atoms with E-state index in [9.17, 15) is 8.78 Å². The van der Waals surface area contributed by atoms with Crippen LogP contribution in [0.3, 0.4) is 0 Å². The Morgan fingerprint density at radius 3 is 2.68 bits per heavy atom. The second-order valence-corrected chi connectivity index (χ2v) is 3.37. The fourth-order valence-electron chi connectivity index (χ4n) is 1.29. The summed E-state index contributed by atoms with van der Waals surface area (Å²) in [5.41, 5.74) is 5.31. The van der Waals surface area contributed by atoms with E-state index < -0.39 is 11.6 Å². The molecule has 0 saturated heterocycles. The minimum absolute atomic E-state index is 0.0614. The number of hydrogen-bond acceptors (Lipinski definition) is 5. The molecule has 1 heterocycles. The van der Waals surface area contributed by atoms with E-state index in [4.69, 9.17) is 15.7 Å². The Hall–Kier alpha value is -2.77. The molecule has 0 fully saturated rings. The Morgan fingerprint density at radius 2 is 2.00 bits per heavy atom. The topological polar surface area (TPSA) is 93.6 Å². The average molecular weight is 266 g/mol. The molecule has 98 valence electrons. The van der Waals surface area contributed by atoms with Crippen molar-refractivity contribution < 1.29 is 18.7 Å². The largest absolute Gasteiger partial charge is 0.434 e. The Bertz CT molecular complexity index is 634. The first-order valence-electron chi connectivity index (χ1n) is 5.03. The number of aromatic nitrogens is 2. The fourth-order valence-corrected chi connectivity index (χ4v) is 1.29. The van der Waals surface area contributed by atoms with Crippen molar-refractivity contribution >= 4 is 5.84 Å². The maximum absolute atomic E-state index is 13.4. The van der Waals surface area contributed by atoms with Crippen LogP contribution in [0.25, 0.3) is 0 Å². The van der Waals surface area contributed by atoms with E-state index in [2.05, 4.69) is 15.1 Å². The predicted octanol–water partition coefficient (Wildman–Crippen LogP) is 1.64. The quantitative estimate of drug-likeness (QED) is 0.381. The molecule has 2 aromatic rings. The lowest BCUT2D eigenvalue weighted by atomic mass is 10.3. The van der Waals surface area contributed by atoms with E-state index in [1.807, 2.05) is 0 Å². The molecule has 6 nitrogen and oxygen atoms in total. The third-order valence-corrected chi connectivity index (χ3v) is 2.12. The van der Waals surface area contributed by atoms with Gasteiger partial charge >= 0.3 is 0 Å². The van der Waals surface area contributed by atoms with Crippen LogP contribution in [0.4, 0.5) is 8.78 Å². The van der Waals surface area contributed by atoms with E-state index in [1.165, 1.54) is 12.4 Å². The van der Waals surface area contributed by atoms with Gasteiger partial charge in [-0.2, -0.15) is 0 Å². The van der Waals surface area contributed by atoms with Crippen molar-refractivity contribution in [3.8, 4) is 11.6 Å². The lowest BCUT2D eigenvalue weighted by molar-refractivity contribution is 0.318. The van der Waals surface area contributed by atoms with Gasteiger partial charge in [-0.05, 0) is 12.1 Å². The summed E-state index contributed by atoms with van der Waals surface area (Å²) >= 11 is 0. The van der Waals surface area contributed by atoms with E-state index in [1.54, 1.807) is 0 Å². The van der Waals surface area contributed by atoms with E-state index in [0.29, 0.717) is 6.07 Å². The SMILES string of the molecule is NC(=NO)c1nccnc1Oc1ccc(F)cc1F. The summed E-state index contributed by atoms with van der Waals surface area (Å²) in [5.74, 6) is -2.40. The van der Waals surface area contributed by atoms with Gasteiger partial charge in [0, 0.05) is 18.5 Å². The Morgan fingerprint density at radius 1 is 1.26 bits per heavy atom. The highest BCUT2D eigenvalue weighted by Crippen LogP contribution is 2.24. The maximum Gasteiger partial charge on any atom is 0.249 e. The number of oxime groups is 1. The summed E-state index contributed by atoms with van der Waals surface area (Å²) in [4.78, 5) is 7.58. The molecule has 0 aliphatic rings. The summed E-state index contributed by atoms with van der Waals surface area (Å²) in [5, 5.41) is 11.3. The zero-order valence-electron chi connectivity index (χ0n) is 9.42. The van der Waals surface area contributed by atoms with Gasteiger partial charge in [0.2, 0.25) is 5.88 Å². The standard InChI is InChI=1S/C11H8F2N4O2/c12-6-1-2-8(7(13)5-6)19-11-9(10(14)17-18)15-3-4-16-11/h1-5,18H,(H2,14,17). The van der Waals surface area contributed by atoms with Gasteiger partial charge in [0.05, 0.1) is 0 Å². The number of rotatable bonds is 3. The molecule has 0 aliphatic carbocycles. The lowest BCUT2D eigenvalue weighted by Crippen LogP contribution is -2.16. The fraction of sp³-hybridized carbons (Fsp3) is 0. The number of halogens is 2. The Labute approximate surface area is 106 Å². The summed E-state index contributed by atoms with van der Waals surface area (Å²) in [6.45, 7) is 0. The van der Waals surface area contributed by atoms with E-state index >= 15 is 0 Å². The van der Waals surface area contributed by atoms with Crippen molar-refractivity contribution in [2.75, 3.05) is 0 Å². The smallest absolute Gasteiger partial charge is 0.249 e. The van der Waals surface area contributed by atoms with Gasteiger partial charge in [0.25, 0.3) is 0 Å². The average Bonchev–Trinajstić information content (AvgIpc) is 2.41. The van der Waals surface area contributed by atoms with Crippen LogP contribution in [0.1, 0.15) is 5.69 Å². The van der Waals surface area contributed by atoms with Crippen molar-refractivity contribution in [3.63, 3.8) is 0 Å². The Balaban J connectivity index is 2.38. The minimum Gasteiger partial charge on any atom is -0.434 e. The molecule has 0 aliphatic heterocycles. The van der Waals surface area contributed by atoms with Crippen molar-refractivity contribution in [3.05, 3.63) is 47.9 Å². The summed E-state index contributed by atoms with van der Waals surface area (Å²) in [7, 11) is 0. The highest BCUT2D eigenvalue weighted by atomic mass is 19.1. The molecule has 0 saturated carbocycles. The summed E-state index contributed by atoms with van der Waals surface area (Å²) in [6, 6.07) is 2.78. The second kappa shape index (κ2) is 5.25. The highest BCUT2D eigenvalue weighted by molar-refractivity contribution is 5.97. The summed E-state index contributed by atoms with van der Waals surface area (Å²) in [6.07, 6.45) is 2.58. The van der Waals surface area contributed by atoms with Gasteiger partial charge in [-0.15, -0.1) is 0 Å². The maximum atomic E-state index is 13.4. The molecule has 1 aromatic carbocycles. The normalized spacial score (nSPS) is 11.4. The first-order chi connectivity index (χ1) is 9.11. The van der Waals surface area contributed by atoms with Gasteiger partial charge in [-0.25, -0.2) is 18.7 Å². The van der Waals surface area contributed by atoms with Crippen molar-refractivity contribution in [1.82, 2.24) is 9.97 Å². The molecule has 0 atom stereocenters. The van der Waals surface area contributed by atoms with Crippen molar-refractivity contribution in [2.24, 2.45) is 10.9 Å². The van der Waals surface area contributed by atoms with Crippen molar-refractivity contribution in [2.45, 2.75) is 0 Å². The monoisotopic (exact) mass is 266 g/mol. The number of ether oxygens (including phenoxy) is 1. The van der Waals surface area contributed by atoms with Gasteiger partial charge < -0.3 is 15.7 Å². The molecular weight excluding hydrogens is 258 g/mol. The molecule has 0 amide bonds. The lowest BCUT2D eigenvalue weighted by Gasteiger charge is -2.08. The molecule has 3 N–H and O–H groups in total. The molecule has 1 aromatic heterocycles. The number of nitrogens with zero attached hydrogens (tertiary/aromatic N) is 3. The van der Waals surface area contributed by atoms with Crippen LogP contribution in [-0.4, -0.2) is 21.0 Å². The Kier molecular flexibility index (Phi) is 3.51. The molecule has 0 radical (unpaired) electrons. The van der Waals surface area contributed by atoms with Gasteiger partial charge in [-0.1, -0.05) is 5.16 Å². The third kappa shape index (κ3) is 2.73. The van der Waals surface area contributed by atoms with Gasteiger partial charge in [0.1, 0.15) is 5.82 Å².